The highest BCUT2D eigenvalue weighted by atomic mass is 35.5. The van der Waals surface area contributed by atoms with E-state index in [0.29, 0.717) is 10.6 Å². The van der Waals surface area contributed by atoms with Crippen molar-refractivity contribution >= 4 is 30.1 Å². The van der Waals surface area contributed by atoms with E-state index in [2.05, 4.69) is 12.6 Å². The average Bonchev–Trinajstić information content (AvgIpc) is 2.08. The second-order valence-corrected chi connectivity index (χ2v) is 3.79. The van der Waals surface area contributed by atoms with Crippen molar-refractivity contribution in [2.24, 2.45) is 0 Å². The molecule has 1 amide bonds. The number of benzene rings is 1. The van der Waals surface area contributed by atoms with Crippen LogP contribution in [0.15, 0.2) is 23.1 Å². The van der Waals surface area contributed by atoms with E-state index in [9.17, 15) is 4.79 Å². The largest absolute Gasteiger partial charge is 0.345 e. The first-order valence-corrected chi connectivity index (χ1v) is 4.55. The third-order valence-electron chi connectivity index (χ3n) is 1.59. The molecule has 0 heterocycles. The van der Waals surface area contributed by atoms with E-state index in [1.165, 1.54) is 4.90 Å². The van der Waals surface area contributed by atoms with Gasteiger partial charge in [-0.1, -0.05) is 11.6 Å². The maximum absolute atomic E-state index is 11.5. The average molecular weight is 216 g/mol. The Morgan fingerprint density at radius 1 is 1.46 bits per heavy atom. The fourth-order valence-corrected chi connectivity index (χ4v) is 1.32. The maximum Gasteiger partial charge on any atom is 0.254 e. The lowest BCUT2D eigenvalue weighted by atomic mass is 10.2. The number of thiol groups is 1. The molecular formula is C9H10ClNOS. The Morgan fingerprint density at radius 3 is 2.62 bits per heavy atom. The van der Waals surface area contributed by atoms with Gasteiger partial charge in [-0.25, -0.2) is 0 Å². The van der Waals surface area contributed by atoms with Gasteiger partial charge in [0.15, 0.2) is 0 Å². The number of hydrogen-bond donors (Lipinski definition) is 1. The number of carbonyl (C=O) groups excluding carboxylic acids is 1. The Bertz CT molecular complexity index is 338. The van der Waals surface area contributed by atoms with Crippen LogP contribution < -0.4 is 0 Å². The summed E-state index contributed by atoms with van der Waals surface area (Å²) in [4.78, 5) is 13.7. The molecule has 0 fully saturated rings. The molecule has 0 atom stereocenters. The van der Waals surface area contributed by atoms with Crippen molar-refractivity contribution in [3.63, 3.8) is 0 Å². The van der Waals surface area contributed by atoms with Crippen LogP contribution in [0.5, 0.6) is 0 Å². The van der Waals surface area contributed by atoms with E-state index < -0.39 is 0 Å². The molecule has 0 aliphatic carbocycles. The topological polar surface area (TPSA) is 20.3 Å². The lowest BCUT2D eigenvalue weighted by molar-refractivity contribution is 0.0827. The predicted octanol–water partition coefficient (Wildman–Crippen LogP) is 2.33. The van der Waals surface area contributed by atoms with Gasteiger partial charge in [-0.15, -0.1) is 12.6 Å². The second-order valence-electron chi connectivity index (χ2n) is 2.86. The van der Waals surface area contributed by atoms with E-state index in [1.54, 1.807) is 32.3 Å². The van der Waals surface area contributed by atoms with Crippen LogP contribution in [0.25, 0.3) is 0 Å². The van der Waals surface area contributed by atoms with Crippen molar-refractivity contribution in [1.82, 2.24) is 4.90 Å². The summed E-state index contributed by atoms with van der Waals surface area (Å²) < 4.78 is 0. The SMILES string of the molecule is CN(C)C(=O)c1cc(S)ccc1Cl. The molecular weight excluding hydrogens is 206 g/mol. The summed E-state index contributed by atoms with van der Waals surface area (Å²) in [5, 5.41) is 0.455. The van der Waals surface area contributed by atoms with Crippen molar-refractivity contribution < 1.29 is 4.79 Å². The molecule has 13 heavy (non-hydrogen) atoms. The Morgan fingerprint density at radius 2 is 2.08 bits per heavy atom. The van der Waals surface area contributed by atoms with Gasteiger partial charge in [0.1, 0.15) is 0 Å². The first-order chi connectivity index (χ1) is 6.02. The lowest BCUT2D eigenvalue weighted by Gasteiger charge is -2.11. The van der Waals surface area contributed by atoms with Crippen molar-refractivity contribution in [2.75, 3.05) is 14.1 Å². The molecule has 0 unspecified atom stereocenters. The van der Waals surface area contributed by atoms with Gasteiger partial charge >= 0.3 is 0 Å². The second kappa shape index (κ2) is 4.03. The Balaban J connectivity index is 3.13. The van der Waals surface area contributed by atoms with Gasteiger partial charge in [0.05, 0.1) is 10.6 Å². The summed E-state index contributed by atoms with van der Waals surface area (Å²) in [6.45, 7) is 0. The first-order valence-electron chi connectivity index (χ1n) is 3.72. The van der Waals surface area contributed by atoms with Crippen LogP contribution in [-0.4, -0.2) is 24.9 Å². The quantitative estimate of drug-likeness (QED) is 0.713. The summed E-state index contributed by atoms with van der Waals surface area (Å²) >= 11 is 9.99. The standard InChI is InChI=1S/C9H10ClNOS/c1-11(2)9(12)7-5-6(13)3-4-8(7)10/h3-5,13H,1-2H3. The van der Waals surface area contributed by atoms with Gasteiger partial charge in [-0.3, -0.25) is 4.79 Å². The summed E-state index contributed by atoms with van der Waals surface area (Å²) in [5.74, 6) is -0.110. The van der Waals surface area contributed by atoms with Gasteiger partial charge in [0.25, 0.3) is 5.91 Å². The van der Waals surface area contributed by atoms with Crippen LogP contribution in [0.3, 0.4) is 0 Å². The molecule has 0 spiro atoms. The van der Waals surface area contributed by atoms with Crippen molar-refractivity contribution in [2.45, 2.75) is 4.90 Å². The Labute approximate surface area is 87.9 Å². The van der Waals surface area contributed by atoms with Crippen LogP contribution in [-0.2, 0) is 0 Å². The third-order valence-corrected chi connectivity index (χ3v) is 2.19. The van der Waals surface area contributed by atoms with Crippen molar-refractivity contribution in [3.8, 4) is 0 Å². The number of hydrogen-bond acceptors (Lipinski definition) is 2. The molecule has 1 aromatic rings. The number of rotatable bonds is 1. The molecule has 0 saturated carbocycles. The van der Waals surface area contributed by atoms with E-state index in [4.69, 9.17) is 11.6 Å². The lowest BCUT2D eigenvalue weighted by Crippen LogP contribution is -2.21. The van der Waals surface area contributed by atoms with Gasteiger partial charge in [0.2, 0.25) is 0 Å². The molecule has 70 valence electrons. The van der Waals surface area contributed by atoms with Gasteiger partial charge < -0.3 is 4.90 Å². The minimum atomic E-state index is -0.110. The first kappa shape index (κ1) is 10.4. The van der Waals surface area contributed by atoms with E-state index >= 15 is 0 Å². The Kier molecular flexibility index (Phi) is 3.22. The summed E-state index contributed by atoms with van der Waals surface area (Å²) in [6.07, 6.45) is 0. The number of nitrogens with zero attached hydrogens (tertiary/aromatic N) is 1. The van der Waals surface area contributed by atoms with Gasteiger partial charge in [0, 0.05) is 19.0 Å². The summed E-state index contributed by atoms with van der Waals surface area (Å²) in [7, 11) is 3.37. The zero-order valence-corrected chi connectivity index (χ0v) is 9.06. The minimum Gasteiger partial charge on any atom is -0.345 e. The minimum absolute atomic E-state index is 0.110. The van der Waals surface area contributed by atoms with Crippen LogP contribution in [0.4, 0.5) is 0 Å². The molecule has 0 aliphatic rings. The van der Waals surface area contributed by atoms with Crippen molar-refractivity contribution in [3.05, 3.63) is 28.8 Å². The van der Waals surface area contributed by atoms with Crippen LogP contribution in [0.1, 0.15) is 10.4 Å². The third kappa shape index (κ3) is 2.39. The van der Waals surface area contributed by atoms with Gasteiger partial charge in [-0.05, 0) is 18.2 Å². The van der Waals surface area contributed by atoms with E-state index in [-0.39, 0.29) is 5.91 Å². The molecule has 0 saturated heterocycles. The van der Waals surface area contributed by atoms with Crippen LogP contribution in [0, 0.1) is 0 Å². The zero-order chi connectivity index (χ0) is 10.0. The van der Waals surface area contributed by atoms with Crippen LogP contribution >= 0.6 is 24.2 Å². The van der Waals surface area contributed by atoms with E-state index in [0.717, 1.165) is 4.90 Å². The number of amides is 1. The summed E-state index contributed by atoms with van der Waals surface area (Å²) in [6, 6.07) is 5.08. The maximum atomic E-state index is 11.5. The molecule has 0 radical (unpaired) electrons. The Hall–Kier alpha value is -0.670. The fourth-order valence-electron chi connectivity index (χ4n) is 0.918. The molecule has 1 aromatic carbocycles. The highest BCUT2D eigenvalue weighted by molar-refractivity contribution is 7.80. The predicted molar refractivity (Wildman–Crippen MR) is 56.7 cm³/mol. The highest BCUT2D eigenvalue weighted by Gasteiger charge is 2.11. The number of halogens is 1. The monoisotopic (exact) mass is 215 g/mol. The molecule has 2 nitrogen and oxygen atoms in total. The molecule has 0 N–H and O–H groups in total. The van der Waals surface area contributed by atoms with Crippen molar-refractivity contribution in [1.29, 1.82) is 0 Å². The molecule has 0 aliphatic heterocycles. The molecule has 0 bridgehead atoms. The van der Waals surface area contributed by atoms with Gasteiger partial charge in [-0.2, -0.15) is 0 Å². The normalized spacial score (nSPS) is 9.85. The van der Waals surface area contributed by atoms with E-state index in [1.807, 2.05) is 0 Å². The molecule has 4 heteroatoms. The van der Waals surface area contributed by atoms with Crippen LogP contribution in [0.2, 0.25) is 5.02 Å². The number of carbonyl (C=O) groups is 1. The fraction of sp³-hybridized carbons (Fsp3) is 0.222. The highest BCUT2D eigenvalue weighted by Crippen LogP contribution is 2.20. The smallest absolute Gasteiger partial charge is 0.254 e. The molecule has 1 rings (SSSR count). The zero-order valence-electron chi connectivity index (χ0n) is 7.41. The summed E-state index contributed by atoms with van der Waals surface area (Å²) in [5.41, 5.74) is 0.485. The molecule has 0 aromatic heterocycles.